The van der Waals surface area contributed by atoms with Gasteiger partial charge in [0.15, 0.2) is 0 Å². The number of benzene rings is 3. The summed E-state index contributed by atoms with van der Waals surface area (Å²) in [6.45, 7) is 3.89. The van der Waals surface area contributed by atoms with E-state index < -0.39 is 0 Å². The van der Waals surface area contributed by atoms with Gasteiger partial charge in [-0.1, -0.05) is 66.2 Å². The van der Waals surface area contributed by atoms with Crippen LogP contribution in [0.5, 0.6) is 0 Å². The molecule has 0 unspecified atom stereocenters. The normalized spacial score (nSPS) is 14.1. The first-order chi connectivity index (χ1) is 17.2. The van der Waals surface area contributed by atoms with Crippen molar-refractivity contribution in [2.75, 3.05) is 0 Å². The molecule has 0 aliphatic heterocycles. The Morgan fingerprint density at radius 1 is 0.611 bits per heavy atom. The smallest absolute Gasteiger partial charge is 0.131 e. The van der Waals surface area contributed by atoms with Crippen LogP contribution in [0.15, 0.2) is 90.3 Å². The van der Waals surface area contributed by atoms with E-state index in [2.05, 4.69) is 24.3 Å². The number of hydrogen-bond donors (Lipinski definition) is 4. The van der Waals surface area contributed by atoms with E-state index in [1.165, 1.54) is 23.0 Å². The van der Waals surface area contributed by atoms with Crippen LogP contribution in [0.1, 0.15) is 21.6 Å². The van der Waals surface area contributed by atoms with Gasteiger partial charge in [-0.25, -0.2) is 4.39 Å². The molecule has 6 heteroatoms. The van der Waals surface area contributed by atoms with Crippen LogP contribution in [-0.2, 0) is 0 Å². The maximum absolute atomic E-state index is 14.4. The van der Waals surface area contributed by atoms with Gasteiger partial charge in [-0.05, 0) is 54.3 Å². The van der Waals surface area contributed by atoms with Gasteiger partial charge in [0.05, 0.1) is 22.8 Å². The van der Waals surface area contributed by atoms with Crippen LogP contribution in [0.25, 0.3) is 32.7 Å². The highest BCUT2D eigenvalue weighted by Crippen LogP contribution is 2.38. The Labute approximate surface area is 213 Å². The highest BCUT2D eigenvalue weighted by atomic mass is 32.1. The largest absolute Gasteiger partial charge is 0.396 e. The van der Waals surface area contributed by atoms with Gasteiger partial charge >= 0.3 is 0 Å². The maximum Gasteiger partial charge on any atom is 0.131 e. The van der Waals surface area contributed by atoms with Gasteiger partial charge < -0.3 is 11.5 Å². The van der Waals surface area contributed by atoms with Gasteiger partial charge in [-0.15, -0.1) is 11.3 Å². The molecule has 0 spiro atoms. The molecule has 0 saturated heterocycles. The lowest BCUT2D eigenvalue weighted by Gasteiger charge is -2.23. The lowest BCUT2D eigenvalue weighted by molar-refractivity contribution is 0.630. The Morgan fingerprint density at radius 3 is 1.81 bits per heavy atom. The summed E-state index contributed by atoms with van der Waals surface area (Å²) in [7, 11) is 0. The first-order valence-electron chi connectivity index (χ1n) is 11.5. The number of nitrogens with one attached hydrogen (secondary N) is 2. The van der Waals surface area contributed by atoms with E-state index in [1.54, 1.807) is 30.3 Å². The standard InChI is InChI=1S/C30H25FN4S/c1-16-3-6-19(7-4-16)23-13-14-24(36-23)26-29(34)27(32)25(28(33)30(26)35)20-10-8-18(9-11-20)21-12-5-17(2)15-22(21)31/h3-15,32,35H,33-34H2,1-2H3. The van der Waals surface area contributed by atoms with Crippen molar-refractivity contribution in [1.82, 2.24) is 0 Å². The van der Waals surface area contributed by atoms with E-state index in [0.717, 1.165) is 26.4 Å². The van der Waals surface area contributed by atoms with Crippen molar-refractivity contribution in [2.45, 2.75) is 13.8 Å². The van der Waals surface area contributed by atoms with Crippen molar-refractivity contribution in [1.29, 1.82) is 10.8 Å². The molecule has 0 saturated carbocycles. The minimum Gasteiger partial charge on any atom is -0.396 e. The number of hydrogen-bond acceptors (Lipinski definition) is 5. The summed E-state index contributed by atoms with van der Waals surface area (Å²) in [4.78, 5) is 1.85. The van der Waals surface area contributed by atoms with Crippen LogP contribution < -0.4 is 11.5 Å². The summed E-state index contributed by atoms with van der Waals surface area (Å²) in [6.07, 6.45) is 0. The molecule has 0 amide bonds. The van der Waals surface area contributed by atoms with Gasteiger partial charge in [0.2, 0.25) is 0 Å². The monoisotopic (exact) mass is 492 g/mol. The molecule has 6 N–H and O–H groups in total. The second-order valence-corrected chi connectivity index (χ2v) is 10.0. The van der Waals surface area contributed by atoms with Crippen molar-refractivity contribution in [3.8, 4) is 21.6 Å². The molecule has 3 aromatic carbocycles. The lowest BCUT2D eigenvalue weighted by atomic mass is 9.85. The topological polar surface area (TPSA) is 99.7 Å². The van der Waals surface area contributed by atoms with E-state index >= 15 is 0 Å². The first-order valence-corrected chi connectivity index (χ1v) is 12.3. The predicted molar refractivity (Wildman–Crippen MR) is 149 cm³/mol. The fraction of sp³-hybridized carbons (Fsp3) is 0.0667. The summed E-state index contributed by atoms with van der Waals surface area (Å²) < 4.78 is 14.4. The molecule has 4 aromatic rings. The molecular formula is C30H25FN4S. The molecule has 36 heavy (non-hydrogen) atoms. The Balaban J connectivity index is 1.48. The quantitative estimate of drug-likeness (QED) is 0.232. The minimum absolute atomic E-state index is 0.0815. The zero-order valence-corrected chi connectivity index (χ0v) is 20.8. The highest BCUT2D eigenvalue weighted by molar-refractivity contribution is 7.17. The maximum atomic E-state index is 14.4. The summed E-state index contributed by atoms with van der Waals surface area (Å²) in [5.74, 6) is -0.286. The summed E-state index contributed by atoms with van der Waals surface area (Å²) >= 11 is 1.52. The molecular weight excluding hydrogens is 467 g/mol. The van der Waals surface area contributed by atoms with Crippen LogP contribution in [-0.4, -0.2) is 11.4 Å². The van der Waals surface area contributed by atoms with Gasteiger partial charge in [0.25, 0.3) is 0 Å². The van der Waals surface area contributed by atoms with Crippen molar-refractivity contribution in [2.24, 2.45) is 11.5 Å². The third kappa shape index (κ3) is 4.06. The van der Waals surface area contributed by atoms with Gasteiger partial charge in [-0.3, -0.25) is 10.8 Å². The van der Waals surface area contributed by atoms with Crippen molar-refractivity contribution < 1.29 is 4.39 Å². The summed E-state index contributed by atoms with van der Waals surface area (Å²) in [5.41, 5.74) is 19.4. The predicted octanol–water partition coefficient (Wildman–Crippen LogP) is 6.93. The van der Waals surface area contributed by atoms with Gasteiger partial charge in [0, 0.05) is 26.5 Å². The average molecular weight is 493 g/mol. The van der Waals surface area contributed by atoms with Crippen molar-refractivity contribution >= 4 is 33.9 Å². The lowest BCUT2D eigenvalue weighted by Crippen LogP contribution is -2.29. The molecule has 1 aliphatic carbocycles. The molecule has 1 heterocycles. The zero-order chi connectivity index (χ0) is 25.6. The Hall–Kier alpha value is -4.29. The first kappa shape index (κ1) is 23.5. The second-order valence-electron chi connectivity index (χ2n) is 8.92. The Bertz CT molecular complexity index is 1590. The van der Waals surface area contributed by atoms with Crippen LogP contribution in [0, 0.1) is 30.5 Å². The third-order valence-corrected chi connectivity index (χ3v) is 7.53. The van der Waals surface area contributed by atoms with Crippen molar-refractivity contribution in [3.05, 3.63) is 118 Å². The SMILES string of the molecule is Cc1ccc(-c2ccc(C3=C(N)C(=N)C(c4ccc(-c5ccc(C)cc5F)cc4)=C(N)C3=N)s2)cc1. The number of rotatable bonds is 4. The summed E-state index contributed by atoms with van der Waals surface area (Å²) in [5, 5.41) is 17.6. The van der Waals surface area contributed by atoms with Crippen LogP contribution >= 0.6 is 11.3 Å². The van der Waals surface area contributed by atoms with Crippen LogP contribution in [0.3, 0.4) is 0 Å². The second kappa shape index (κ2) is 9.06. The van der Waals surface area contributed by atoms with E-state index in [0.29, 0.717) is 22.3 Å². The van der Waals surface area contributed by atoms with E-state index in [4.69, 9.17) is 22.3 Å². The van der Waals surface area contributed by atoms with Crippen LogP contribution in [0.2, 0.25) is 0 Å². The molecule has 1 aliphatic rings. The molecule has 4 nitrogen and oxygen atoms in total. The Morgan fingerprint density at radius 2 is 1.14 bits per heavy atom. The number of nitrogens with two attached hydrogens (primary N) is 2. The number of aryl methyl sites for hydroxylation is 2. The van der Waals surface area contributed by atoms with Crippen molar-refractivity contribution in [3.63, 3.8) is 0 Å². The fourth-order valence-electron chi connectivity index (χ4n) is 4.36. The summed E-state index contributed by atoms with van der Waals surface area (Å²) in [6, 6.07) is 24.5. The molecule has 0 atom stereocenters. The minimum atomic E-state index is -0.286. The van der Waals surface area contributed by atoms with E-state index in [9.17, 15) is 4.39 Å². The molecule has 0 radical (unpaired) electrons. The van der Waals surface area contributed by atoms with Crippen LogP contribution in [0.4, 0.5) is 4.39 Å². The average Bonchev–Trinajstić information content (AvgIpc) is 3.34. The number of halogens is 1. The van der Waals surface area contributed by atoms with Gasteiger partial charge in [-0.2, -0.15) is 0 Å². The van der Waals surface area contributed by atoms with Gasteiger partial charge in [0.1, 0.15) is 5.82 Å². The number of allylic oxidation sites excluding steroid dienone is 2. The Kier molecular flexibility index (Phi) is 5.90. The highest BCUT2D eigenvalue weighted by Gasteiger charge is 2.29. The number of thiophene rings is 1. The third-order valence-electron chi connectivity index (χ3n) is 6.37. The zero-order valence-electron chi connectivity index (χ0n) is 19.9. The molecule has 5 rings (SSSR count). The molecule has 178 valence electrons. The molecule has 0 bridgehead atoms. The molecule has 1 aromatic heterocycles. The molecule has 0 fully saturated rings. The van der Waals surface area contributed by atoms with E-state index in [1.807, 2.05) is 32.0 Å². The van der Waals surface area contributed by atoms with E-state index in [-0.39, 0.29) is 28.6 Å². The fourth-order valence-corrected chi connectivity index (χ4v) is 5.44.